The van der Waals surface area contributed by atoms with Gasteiger partial charge in [0.25, 0.3) is 5.91 Å². The standard InChI is InChI=1S/C21H19NO2/c1-16-8-7-9-17(14-16)15-24-20-13-6-5-12-19(20)21(23)22-18-10-3-2-4-11-18/h2-14H,15H2,1H3,(H,22,23). The fraction of sp³-hybridized carbons (Fsp3) is 0.0952. The van der Waals surface area contributed by atoms with Crippen LogP contribution in [0.4, 0.5) is 5.69 Å². The Bertz CT molecular complexity index is 828. The van der Waals surface area contributed by atoms with Crippen molar-refractivity contribution < 1.29 is 9.53 Å². The van der Waals surface area contributed by atoms with Crippen molar-refractivity contribution in [3.05, 3.63) is 95.6 Å². The molecule has 0 saturated carbocycles. The third-order valence-corrected chi connectivity index (χ3v) is 3.64. The van der Waals surface area contributed by atoms with Gasteiger partial charge < -0.3 is 10.1 Å². The van der Waals surface area contributed by atoms with E-state index in [9.17, 15) is 4.79 Å². The van der Waals surface area contributed by atoms with Crippen molar-refractivity contribution in [1.82, 2.24) is 0 Å². The molecule has 0 fully saturated rings. The molecule has 0 aliphatic heterocycles. The summed E-state index contributed by atoms with van der Waals surface area (Å²) in [7, 11) is 0. The van der Waals surface area contributed by atoms with Crippen LogP contribution >= 0.6 is 0 Å². The highest BCUT2D eigenvalue weighted by molar-refractivity contribution is 6.06. The maximum Gasteiger partial charge on any atom is 0.259 e. The van der Waals surface area contributed by atoms with E-state index in [-0.39, 0.29) is 5.91 Å². The first kappa shape index (κ1) is 15.8. The molecule has 1 amide bonds. The molecule has 0 saturated heterocycles. The van der Waals surface area contributed by atoms with Gasteiger partial charge in [-0.2, -0.15) is 0 Å². The molecular weight excluding hydrogens is 298 g/mol. The van der Waals surface area contributed by atoms with E-state index >= 15 is 0 Å². The maximum atomic E-state index is 12.5. The van der Waals surface area contributed by atoms with Gasteiger partial charge in [0.05, 0.1) is 5.56 Å². The van der Waals surface area contributed by atoms with E-state index in [0.717, 1.165) is 11.3 Å². The normalized spacial score (nSPS) is 10.2. The summed E-state index contributed by atoms with van der Waals surface area (Å²) >= 11 is 0. The number of rotatable bonds is 5. The predicted octanol–water partition coefficient (Wildman–Crippen LogP) is 4.83. The topological polar surface area (TPSA) is 38.3 Å². The van der Waals surface area contributed by atoms with Crippen LogP contribution < -0.4 is 10.1 Å². The minimum absolute atomic E-state index is 0.180. The zero-order valence-electron chi connectivity index (χ0n) is 13.5. The number of carbonyl (C=O) groups is 1. The number of ether oxygens (including phenoxy) is 1. The van der Waals surface area contributed by atoms with Crippen molar-refractivity contribution in [2.45, 2.75) is 13.5 Å². The largest absolute Gasteiger partial charge is 0.488 e. The van der Waals surface area contributed by atoms with Crippen molar-refractivity contribution in [2.75, 3.05) is 5.32 Å². The van der Waals surface area contributed by atoms with Crippen molar-refractivity contribution in [3.8, 4) is 5.75 Å². The van der Waals surface area contributed by atoms with Gasteiger partial charge in [-0.15, -0.1) is 0 Å². The molecule has 3 aromatic carbocycles. The van der Waals surface area contributed by atoms with E-state index in [0.29, 0.717) is 17.9 Å². The van der Waals surface area contributed by atoms with Crippen LogP contribution in [0.3, 0.4) is 0 Å². The monoisotopic (exact) mass is 317 g/mol. The highest BCUT2D eigenvalue weighted by Crippen LogP contribution is 2.21. The lowest BCUT2D eigenvalue weighted by molar-refractivity contribution is 0.102. The van der Waals surface area contributed by atoms with Crippen LogP contribution in [0.15, 0.2) is 78.9 Å². The first-order valence-corrected chi connectivity index (χ1v) is 7.86. The Hall–Kier alpha value is -3.07. The number of amides is 1. The fourth-order valence-corrected chi connectivity index (χ4v) is 2.46. The average Bonchev–Trinajstić information content (AvgIpc) is 2.61. The van der Waals surface area contributed by atoms with Crippen LogP contribution in [-0.4, -0.2) is 5.91 Å². The van der Waals surface area contributed by atoms with Gasteiger partial charge in [-0.1, -0.05) is 60.2 Å². The van der Waals surface area contributed by atoms with Crippen molar-refractivity contribution >= 4 is 11.6 Å². The first-order chi connectivity index (χ1) is 11.7. The second kappa shape index (κ2) is 7.47. The second-order valence-electron chi connectivity index (χ2n) is 5.59. The van der Waals surface area contributed by atoms with E-state index in [1.165, 1.54) is 5.56 Å². The molecule has 24 heavy (non-hydrogen) atoms. The van der Waals surface area contributed by atoms with Crippen LogP contribution in [0.1, 0.15) is 21.5 Å². The highest BCUT2D eigenvalue weighted by Gasteiger charge is 2.12. The van der Waals surface area contributed by atoms with E-state index in [4.69, 9.17) is 4.74 Å². The summed E-state index contributed by atoms with van der Waals surface area (Å²) in [5, 5.41) is 2.89. The molecule has 1 N–H and O–H groups in total. The molecule has 0 aromatic heterocycles. The highest BCUT2D eigenvalue weighted by atomic mass is 16.5. The number of para-hydroxylation sites is 2. The molecule has 3 heteroatoms. The Morgan fingerprint density at radius 3 is 2.46 bits per heavy atom. The zero-order valence-corrected chi connectivity index (χ0v) is 13.5. The number of carbonyl (C=O) groups excluding carboxylic acids is 1. The predicted molar refractivity (Wildman–Crippen MR) is 96.3 cm³/mol. The van der Waals surface area contributed by atoms with E-state index in [2.05, 4.69) is 11.4 Å². The molecule has 3 rings (SSSR count). The van der Waals surface area contributed by atoms with Crippen molar-refractivity contribution in [3.63, 3.8) is 0 Å². The zero-order chi connectivity index (χ0) is 16.8. The van der Waals surface area contributed by atoms with E-state index < -0.39 is 0 Å². The summed E-state index contributed by atoms with van der Waals surface area (Å²) in [6.07, 6.45) is 0. The molecule has 3 aromatic rings. The smallest absolute Gasteiger partial charge is 0.259 e. The van der Waals surface area contributed by atoms with Gasteiger partial charge in [0, 0.05) is 5.69 Å². The van der Waals surface area contributed by atoms with Crippen LogP contribution in [0.5, 0.6) is 5.75 Å². The summed E-state index contributed by atoms with van der Waals surface area (Å²) in [6.45, 7) is 2.47. The third kappa shape index (κ3) is 4.02. The van der Waals surface area contributed by atoms with Crippen molar-refractivity contribution in [2.24, 2.45) is 0 Å². The lowest BCUT2D eigenvalue weighted by Crippen LogP contribution is -2.13. The fourth-order valence-electron chi connectivity index (χ4n) is 2.46. The van der Waals surface area contributed by atoms with Crippen LogP contribution in [-0.2, 0) is 6.61 Å². The van der Waals surface area contributed by atoms with Gasteiger partial charge in [-0.25, -0.2) is 0 Å². The lowest BCUT2D eigenvalue weighted by atomic mass is 10.1. The molecule has 0 aliphatic rings. The number of nitrogens with one attached hydrogen (secondary N) is 1. The summed E-state index contributed by atoms with van der Waals surface area (Å²) < 4.78 is 5.88. The SMILES string of the molecule is Cc1cccc(COc2ccccc2C(=O)Nc2ccccc2)c1. The third-order valence-electron chi connectivity index (χ3n) is 3.64. The van der Waals surface area contributed by atoms with Crippen LogP contribution in [0, 0.1) is 6.92 Å². The number of benzene rings is 3. The Labute approximate surface area is 141 Å². The second-order valence-corrected chi connectivity index (χ2v) is 5.59. The van der Waals surface area contributed by atoms with Crippen LogP contribution in [0.25, 0.3) is 0 Å². The van der Waals surface area contributed by atoms with Crippen molar-refractivity contribution in [1.29, 1.82) is 0 Å². The molecular formula is C21H19NO2. The van der Waals surface area contributed by atoms with Gasteiger partial charge in [0.1, 0.15) is 12.4 Å². The minimum atomic E-state index is -0.180. The Kier molecular flexibility index (Phi) is 4.92. The van der Waals surface area contributed by atoms with Gasteiger partial charge in [0.15, 0.2) is 0 Å². The lowest BCUT2D eigenvalue weighted by Gasteiger charge is -2.12. The van der Waals surface area contributed by atoms with Gasteiger partial charge >= 0.3 is 0 Å². The van der Waals surface area contributed by atoms with E-state index in [1.807, 2.05) is 73.7 Å². The molecule has 0 aliphatic carbocycles. The number of anilines is 1. The summed E-state index contributed by atoms with van der Waals surface area (Å²) in [5.74, 6) is 0.397. The molecule has 0 atom stereocenters. The molecule has 0 radical (unpaired) electrons. The number of hydrogen-bond donors (Lipinski definition) is 1. The Morgan fingerprint density at radius 2 is 1.67 bits per heavy atom. The average molecular weight is 317 g/mol. The Morgan fingerprint density at radius 1 is 0.917 bits per heavy atom. The number of aryl methyl sites for hydroxylation is 1. The van der Waals surface area contributed by atoms with Crippen LogP contribution in [0.2, 0.25) is 0 Å². The molecule has 120 valence electrons. The summed E-state index contributed by atoms with van der Waals surface area (Å²) in [5.41, 5.74) is 3.55. The maximum absolute atomic E-state index is 12.5. The van der Waals surface area contributed by atoms with Gasteiger partial charge in [-0.05, 0) is 36.8 Å². The van der Waals surface area contributed by atoms with Gasteiger partial charge in [-0.3, -0.25) is 4.79 Å². The number of hydrogen-bond acceptors (Lipinski definition) is 2. The molecule has 0 spiro atoms. The molecule has 0 heterocycles. The Balaban J connectivity index is 1.74. The quantitative estimate of drug-likeness (QED) is 0.732. The van der Waals surface area contributed by atoms with E-state index in [1.54, 1.807) is 6.07 Å². The summed E-state index contributed by atoms with van der Waals surface area (Å²) in [4.78, 5) is 12.5. The molecule has 0 bridgehead atoms. The van der Waals surface area contributed by atoms with Gasteiger partial charge in [0.2, 0.25) is 0 Å². The summed E-state index contributed by atoms with van der Waals surface area (Å²) in [6, 6.07) is 24.8. The molecule has 3 nitrogen and oxygen atoms in total. The molecule has 0 unspecified atom stereocenters. The minimum Gasteiger partial charge on any atom is -0.488 e. The first-order valence-electron chi connectivity index (χ1n) is 7.86.